The molecule has 0 spiro atoms. The molecule has 4 N–H and O–H groups in total. The number of hydrazone groups is 2. The monoisotopic (exact) mass is 514 g/mol. The van der Waals surface area contributed by atoms with E-state index in [4.69, 9.17) is 33.9 Å². The Morgan fingerprint density at radius 3 is 1.63 bits per heavy atom. The van der Waals surface area contributed by atoms with Crippen LogP contribution in [0.15, 0.2) is 58.7 Å². The molecule has 0 saturated heterocycles. The number of hydrogen-bond acceptors (Lipinski definition) is 6. The molecular weight excluding hydrogens is 480 g/mol. The first-order valence-electron chi connectivity index (χ1n) is 11.4. The highest BCUT2D eigenvalue weighted by Gasteiger charge is 2.01. The predicted octanol–water partition coefficient (Wildman–Crippen LogP) is 4.25. The molecular formula is C25H34N6O2S2. The first kappa shape index (κ1) is 28.0. The molecule has 0 bridgehead atoms. The summed E-state index contributed by atoms with van der Waals surface area (Å²) in [6, 6.07) is 15.7. The van der Waals surface area contributed by atoms with Gasteiger partial charge < -0.3 is 20.1 Å². The number of nitrogens with one attached hydrogen (secondary N) is 4. The van der Waals surface area contributed by atoms with Crippen LogP contribution in [0.3, 0.4) is 0 Å². The molecule has 0 heterocycles. The van der Waals surface area contributed by atoms with Crippen LogP contribution >= 0.6 is 24.4 Å². The van der Waals surface area contributed by atoms with Crippen LogP contribution in [-0.4, -0.2) is 34.4 Å². The molecule has 2 aromatic rings. The van der Waals surface area contributed by atoms with E-state index in [1.165, 1.54) is 0 Å². The SMILES string of the molecule is CC(/C=N\NC(=S)NCc1ccc(OC(C)C)cc1)=N/NC(=S)NCc1ccc(OC(C)C)cc1. The molecule has 35 heavy (non-hydrogen) atoms. The Morgan fingerprint density at radius 1 is 0.771 bits per heavy atom. The average molecular weight is 515 g/mol. The van der Waals surface area contributed by atoms with Gasteiger partial charge in [-0.05, 0) is 94.4 Å². The quantitative estimate of drug-likeness (QED) is 0.201. The van der Waals surface area contributed by atoms with E-state index in [0.29, 0.717) is 29.0 Å². The Kier molecular flexibility index (Phi) is 11.9. The summed E-state index contributed by atoms with van der Waals surface area (Å²) in [7, 11) is 0. The van der Waals surface area contributed by atoms with Gasteiger partial charge in [0.25, 0.3) is 0 Å². The van der Waals surface area contributed by atoms with Crippen molar-refractivity contribution in [2.45, 2.75) is 59.9 Å². The van der Waals surface area contributed by atoms with E-state index in [0.717, 1.165) is 22.6 Å². The highest BCUT2D eigenvalue weighted by Crippen LogP contribution is 2.14. The lowest BCUT2D eigenvalue weighted by Gasteiger charge is -2.11. The third-order valence-corrected chi connectivity index (χ3v) is 4.72. The summed E-state index contributed by atoms with van der Waals surface area (Å²) in [5, 5.41) is 15.3. The van der Waals surface area contributed by atoms with Crippen LogP contribution in [-0.2, 0) is 13.1 Å². The normalized spacial score (nSPS) is 11.5. The van der Waals surface area contributed by atoms with E-state index in [1.54, 1.807) is 13.1 Å². The second-order valence-electron chi connectivity index (χ2n) is 8.22. The number of benzene rings is 2. The van der Waals surface area contributed by atoms with Crippen LogP contribution in [0.1, 0.15) is 45.7 Å². The van der Waals surface area contributed by atoms with Gasteiger partial charge in [0.05, 0.1) is 24.1 Å². The van der Waals surface area contributed by atoms with Crippen LogP contribution in [0.2, 0.25) is 0 Å². The maximum absolute atomic E-state index is 5.64. The third kappa shape index (κ3) is 12.2. The Labute approximate surface area is 218 Å². The third-order valence-electron chi connectivity index (χ3n) is 4.25. The maximum atomic E-state index is 5.64. The fraction of sp³-hybridized carbons (Fsp3) is 0.360. The molecule has 0 atom stereocenters. The topological polar surface area (TPSA) is 91.3 Å². The second-order valence-corrected chi connectivity index (χ2v) is 9.04. The van der Waals surface area contributed by atoms with Crippen LogP contribution in [0.25, 0.3) is 0 Å². The number of rotatable bonds is 11. The van der Waals surface area contributed by atoms with Crippen LogP contribution in [0, 0.1) is 0 Å². The van der Waals surface area contributed by atoms with E-state index >= 15 is 0 Å². The van der Waals surface area contributed by atoms with Gasteiger partial charge in [-0.1, -0.05) is 24.3 Å². The van der Waals surface area contributed by atoms with Gasteiger partial charge in [0.2, 0.25) is 0 Å². The minimum atomic E-state index is 0.149. The fourth-order valence-corrected chi connectivity index (χ4v) is 2.95. The summed E-state index contributed by atoms with van der Waals surface area (Å²) in [4.78, 5) is 0. The zero-order chi connectivity index (χ0) is 25.6. The molecule has 10 heteroatoms. The highest BCUT2D eigenvalue weighted by molar-refractivity contribution is 7.80. The van der Waals surface area contributed by atoms with Crippen LogP contribution in [0.4, 0.5) is 0 Å². The van der Waals surface area contributed by atoms with E-state index in [9.17, 15) is 0 Å². The van der Waals surface area contributed by atoms with Crippen molar-refractivity contribution in [1.29, 1.82) is 0 Å². The summed E-state index contributed by atoms with van der Waals surface area (Å²) < 4.78 is 11.3. The van der Waals surface area contributed by atoms with Gasteiger partial charge in [-0.3, -0.25) is 10.9 Å². The molecule has 0 aliphatic heterocycles. The summed E-state index contributed by atoms with van der Waals surface area (Å²) in [6.45, 7) is 10.9. The van der Waals surface area contributed by atoms with Gasteiger partial charge in [0, 0.05) is 13.1 Å². The zero-order valence-electron chi connectivity index (χ0n) is 20.8. The Hall–Kier alpha value is -3.24. The van der Waals surface area contributed by atoms with Crippen LogP contribution in [0.5, 0.6) is 11.5 Å². The molecule has 2 aromatic carbocycles. The van der Waals surface area contributed by atoms with Crippen molar-refractivity contribution in [3.05, 3.63) is 59.7 Å². The summed E-state index contributed by atoms with van der Waals surface area (Å²) in [6.07, 6.45) is 1.85. The van der Waals surface area contributed by atoms with E-state index < -0.39 is 0 Å². The van der Waals surface area contributed by atoms with Crippen molar-refractivity contribution in [1.82, 2.24) is 21.5 Å². The van der Waals surface area contributed by atoms with Gasteiger partial charge in [-0.15, -0.1) is 0 Å². The summed E-state index contributed by atoms with van der Waals surface area (Å²) in [5.41, 5.74) is 8.35. The van der Waals surface area contributed by atoms with Gasteiger partial charge in [-0.2, -0.15) is 10.2 Å². The van der Waals surface area contributed by atoms with E-state index in [1.807, 2.05) is 76.2 Å². The Balaban J connectivity index is 1.66. The first-order chi connectivity index (χ1) is 16.7. The molecule has 8 nitrogen and oxygen atoms in total. The Bertz CT molecular complexity index is 1010. The molecule has 0 aliphatic carbocycles. The Morgan fingerprint density at radius 2 is 1.20 bits per heavy atom. The molecule has 2 rings (SSSR count). The predicted molar refractivity (Wildman–Crippen MR) is 151 cm³/mol. The van der Waals surface area contributed by atoms with Gasteiger partial charge >= 0.3 is 0 Å². The van der Waals surface area contributed by atoms with Crippen molar-refractivity contribution in [2.24, 2.45) is 10.2 Å². The molecule has 0 unspecified atom stereocenters. The van der Waals surface area contributed by atoms with Crippen molar-refractivity contribution < 1.29 is 9.47 Å². The molecule has 0 aromatic heterocycles. The maximum Gasteiger partial charge on any atom is 0.187 e. The highest BCUT2D eigenvalue weighted by atomic mass is 32.1. The minimum Gasteiger partial charge on any atom is -0.491 e. The summed E-state index contributed by atoms with van der Waals surface area (Å²) in [5.74, 6) is 1.69. The van der Waals surface area contributed by atoms with Gasteiger partial charge in [0.1, 0.15) is 11.5 Å². The molecule has 0 aliphatic rings. The molecule has 0 amide bonds. The van der Waals surface area contributed by atoms with Crippen molar-refractivity contribution >= 4 is 46.6 Å². The van der Waals surface area contributed by atoms with Crippen LogP contribution < -0.4 is 31.0 Å². The lowest BCUT2D eigenvalue weighted by atomic mass is 10.2. The molecule has 0 fully saturated rings. The number of nitrogens with zero attached hydrogens (tertiary/aromatic N) is 2. The molecule has 188 valence electrons. The molecule has 0 radical (unpaired) electrons. The largest absolute Gasteiger partial charge is 0.491 e. The standard InChI is InChI=1S/C25H34N6O2S2/c1-17(2)32-22-10-6-20(7-11-22)15-26-24(34)30-28-14-19(5)29-31-25(35)27-16-21-8-12-23(13-9-21)33-18(3)4/h6-14,17-18H,15-16H2,1-5H3,(H2,26,30,34)(H2,27,31,35)/b28-14-,29-19-. The fourth-order valence-electron chi connectivity index (χ4n) is 2.71. The second kappa shape index (κ2) is 14.9. The van der Waals surface area contributed by atoms with Gasteiger partial charge in [-0.25, -0.2) is 0 Å². The number of thiocarbonyl (C=S) groups is 2. The smallest absolute Gasteiger partial charge is 0.187 e. The minimum absolute atomic E-state index is 0.149. The van der Waals surface area contributed by atoms with Gasteiger partial charge in [0.15, 0.2) is 10.2 Å². The average Bonchev–Trinajstić information content (AvgIpc) is 2.81. The zero-order valence-corrected chi connectivity index (χ0v) is 22.4. The van der Waals surface area contributed by atoms with Crippen molar-refractivity contribution in [3.63, 3.8) is 0 Å². The number of ether oxygens (including phenoxy) is 2. The molecule has 0 saturated carbocycles. The van der Waals surface area contributed by atoms with Crippen molar-refractivity contribution in [3.8, 4) is 11.5 Å². The summed E-state index contributed by atoms with van der Waals surface area (Å²) >= 11 is 10.5. The lowest BCUT2D eigenvalue weighted by Crippen LogP contribution is -2.33. The van der Waals surface area contributed by atoms with E-state index in [2.05, 4.69) is 31.7 Å². The number of hydrogen-bond donors (Lipinski definition) is 4. The first-order valence-corrected chi connectivity index (χ1v) is 12.2. The van der Waals surface area contributed by atoms with Crippen molar-refractivity contribution in [2.75, 3.05) is 0 Å². The van der Waals surface area contributed by atoms with E-state index in [-0.39, 0.29) is 12.2 Å². The lowest BCUT2D eigenvalue weighted by molar-refractivity contribution is 0.242.